The van der Waals surface area contributed by atoms with Crippen molar-refractivity contribution in [3.05, 3.63) is 34.9 Å². The van der Waals surface area contributed by atoms with Crippen LogP contribution in [0.4, 0.5) is 0 Å². The molecule has 1 N–H and O–H groups in total. The largest absolute Gasteiger partial charge is 0.396 e. The summed E-state index contributed by atoms with van der Waals surface area (Å²) in [6.07, 6.45) is 3.39. The third-order valence-electron chi connectivity index (χ3n) is 6.07. The number of piperazine rings is 1. The lowest BCUT2D eigenvalue weighted by Crippen LogP contribution is -2.58. The van der Waals surface area contributed by atoms with Gasteiger partial charge in [-0.2, -0.15) is 0 Å². The van der Waals surface area contributed by atoms with Gasteiger partial charge >= 0.3 is 0 Å². The number of halogens is 1. The normalized spacial score (nSPS) is 24.4. The Hall–Kier alpha value is -0.650. The van der Waals surface area contributed by atoms with Crippen LogP contribution in [-0.2, 0) is 6.54 Å². The topological polar surface area (TPSA) is 30.0 Å². The summed E-state index contributed by atoms with van der Waals surface area (Å²) in [5, 5.41) is 10.4. The Labute approximate surface area is 163 Å². The number of nitrogens with zero attached hydrogens (tertiary/aromatic N) is 3. The van der Waals surface area contributed by atoms with Gasteiger partial charge in [0.05, 0.1) is 0 Å². The summed E-state index contributed by atoms with van der Waals surface area (Å²) in [7, 11) is 0. The van der Waals surface area contributed by atoms with Crippen molar-refractivity contribution in [1.29, 1.82) is 0 Å². The molecule has 2 aliphatic rings. The first-order chi connectivity index (χ1) is 12.6. The van der Waals surface area contributed by atoms with Crippen molar-refractivity contribution in [2.75, 3.05) is 39.3 Å². The fourth-order valence-corrected chi connectivity index (χ4v) is 4.80. The van der Waals surface area contributed by atoms with E-state index >= 15 is 0 Å². The highest BCUT2D eigenvalue weighted by atomic mass is 35.5. The molecule has 3 rings (SSSR count). The molecule has 1 aromatic carbocycles. The average Bonchev–Trinajstić information content (AvgIpc) is 2.62. The molecule has 2 fully saturated rings. The van der Waals surface area contributed by atoms with Gasteiger partial charge in [0.25, 0.3) is 0 Å². The molecule has 2 saturated heterocycles. The zero-order chi connectivity index (χ0) is 18.5. The van der Waals surface area contributed by atoms with Gasteiger partial charge in [-0.15, -0.1) is 0 Å². The second-order valence-electron chi connectivity index (χ2n) is 8.13. The van der Waals surface area contributed by atoms with E-state index in [1.165, 1.54) is 31.5 Å². The van der Waals surface area contributed by atoms with E-state index < -0.39 is 0 Å². The predicted octanol–water partition coefficient (Wildman–Crippen LogP) is 3.08. The van der Waals surface area contributed by atoms with Crippen LogP contribution in [0.25, 0.3) is 0 Å². The summed E-state index contributed by atoms with van der Waals surface area (Å²) in [5.41, 5.74) is 1.28. The standard InChI is InChI=1S/C21H34ClN3O/c1-17(2)24-9-6-20(7-10-24)25-12-11-23(16-21(25)8-13-26)15-18-4-3-5-19(22)14-18/h3-5,14,17,20-21,26H,6-13,15-16H2,1-2H3/t21-/m1/s1. The zero-order valence-electron chi connectivity index (χ0n) is 16.3. The third kappa shape index (κ3) is 5.20. The van der Waals surface area contributed by atoms with Crippen molar-refractivity contribution in [2.24, 2.45) is 0 Å². The van der Waals surface area contributed by atoms with E-state index in [-0.39, 0.29) is 6.61 Å². The third-order valence-corrected chi connectivity index (χ3v) is 6.30. The van der Waals surface area contributed by atoms with Crippen molar-refractivity contribution >= 4 is 11.6 Å². The second-order valence-corrected chi connectivity index (χ2v) is 8.57. The van der Waals surface area contributed by atoms with Crippen LogP contribution in [0.3, 0.4) is 0 Å². The summed E-state index contributed by atoms with van der Waals surface area (Å²) >= 11 is 6.14. The Kier molecular flexibility index (Phi) is 7.35. The van der Waals surface area contributed by atoms with Crippen molar-refractivity contribution < 1.29 is 5.11 Å². The minimum Gasteiger partial charge on any atom is -0.396 e. The molecular weight excluding hydrogens is 346 g/mol. The van der Waals surface area contributed by atoms with Crippen LogP contribution in [0.1, 0.15) is 38.7 Å². The highest BCUT2D eigenvalue weighted by Gasteiger charge is 2.33. The van der Waals surface area contributed by atoms with Crippen molar-refractivity contribution in [3.63, 3.8) is 0 Å². The molecule has 0 saturated carbocycles. The first-order valence-corrected chi connectivity index (χ1v) is 10.5. The maximum atomic E-state index is 9.59. The van der Waals surface area contributed by atoms with Crippen molar-refractivity contribution in [2.45, 2.75) is 57.8 Å². The number of likely N-dealkylation sites (tertiary alicyclic amines) is 1. The van der Waals surface area contributed by atoms with Crippen LogP contribution >= 0.6 is 11.6 Å². The number of hydrogen-bond donors (Lipinski definition) is 1. The molecule has 5 heteroatoms. The van der Waals surface area contributed by atoms with E-state index in [9.17, 15) is 5.11 Å². The maximum Gasteiger partial charge on any atom is 0.0446 e. The van der Waals surface area contributed by atoms with Gasteiger partial charge in [-0.05, 0) is 63.9 Å². The molecule has 0 spiro atoms. The van der Waals surface area contributed by atoms with Crippen LogP contribution in [0.5, 0.6) is 0 Å². The molecule has 0 aromatic heterocycles. The van der Waals surface area contributed by atoms with Crippen LogP contribution in [0.2, 0.25) is 5.02 Å². The second kappa shape index (κ2) is 9.52. The van der Waals surface area contributed by atoms with E-state index in [4.69, 9.17) is 11.6 Å². The Morgan fingerprint density at radius 3 is 2.58 bits per heavy atom. The molecule has 0 aliphatic carbocycles. The van der Waals surface area contributed by atoms with Gasteiger partial charge in [-0.25, -0.2) is 0 Å². The van der Waals surface area contributed by atoms with Gasteiger partial charge in [0.15, 0.2) is 0 Å². The fourth-order valence-electron chi connectivity index (χ4n) is 4.59. The van der Waals surface area contributed by atoms with E-state index in [0.29, 0.717) is 18.1 Å². The first kappa shape index (κ1) is 20.1. The molecular formula is C21H34ClN3O. The van der Waals surface area contributed by atoms with Crippen LogP contribution in [-0.4, -0.2) is 77.3 Å². The summed E-state index contributed by atoms with van der Waals surface area (Å²) in [6.45, 7) is 11.5. The lowest BCUT2D eigenvalue weighted by atomic mass is 9.97. The highest BCUT2D eigenvalue weighted by molar-refractivity contribution is 6.30. The van der Waals surface area contributed by atoms with Crippen molar-refractivity contribution in [3.8, 4) is 0 Å². The van der Waals surface area contributed by atoms with Gasteiger partial charge in [0.1, 0.15) is 0 Å². The summed E-state index contributed by atoms with van der Waals surface area (Å²) in [6, 6.07) is 9.97. The fraction of sp³-hybridized carbons (Fsp3) is 0.714. The Bertz CT molecular complexity index is 560. The Morgan fingerprint density at radius 2 is 1.92 bits per heavy atom. The van der Waals surface area contributed by atoms with Gasteiger partial charge in [-0.1, -0.05) is 23.7 Å². The number of rotatable bonds is 6. The lowest BCUT2D eigenvalue weighted by molar-refractivity contribution is -0.0000278. The van der Waals surface area contributed by atoms with Gasteiger partial charge in [-0.3, -0.25) is 9.80 Å². The van der Waals surface area contributed by atoms with Crippen LogP contribution in [0, 0.1) is 0 Å². The molecule has 2 heterocycles. The molecule has 146 valence electrons. The monoisotopic (exact) mass is 379 g/mol. The van der Waals surface area contributed by atoms with E-state index in [1.54, 1.807) is 0 Å². The summed E-state index contributed by atoms with van der Waals surface area (Å²) < 4.78 is 0. The molecule has 0 unspecified atom stereocenters. The van der Waals surface area contributed by atoms with E-state index in [0.717, 1.165) is 37.6 Å². The van der Waals surface area contributed by atoms with Crippen LogP contribution in [0.15, 0.2) is 24.3 Å². The molecule has 1 aromatic rings. The maximum absolute atomic E-state index is 9.59. The Morgan fingerprint density at radius 1 is 1.15 bits per heavy atom. The molecule has 2 aliphatic heterocycles. The lowest BCUT2D eigenvalue weighted by Gasteiger charge is -2.48. The van der Waals surface area contributed by atoms with Gasteiger partial charge in [0.2, 0.25) is 0 Å². The first-order valence-electron chi connectivity index (χ1n) is 10.1. The molecule has 26 heavy (non-hydrogen) atoms. The number of aliphatic hydroxyl groups excluding tert-OH is 1. The minimum atomic E-state index is 0.275. The molecule has 1 atom stereocenters. The molecule has 4 nitrogen and oxygen atoms in total. The number of benzene rings is 1. The van der Waals surface area contributed by atoms with Crippen LogP contribution < -0.4 is 0 Å². The number of aliphatic hydroxyl groups is 1. The zero-order valence-corrected chi connectivity index (χ0v) is 17.0. The molecule has 0 amide bonds. The molecule has 0 radical (unpaired) electrons. The smallest absolute Gasteiger partial charge is 0.0446 e. The van der Waals surface area contributed by atoms with Gasteiger partial charge in [0, 0.05) is 55.9 Å². The Balaban J connectivity index is 1.58. The molecule has 0 bridgehead atoms. The predicted molar refractivity (Wildman–Crippen MR) is 109 cm³/mol. The summed E-state index contributed by atoms with van der Waals surface area (Å²) in [5.74, 6) is 0. The highest BCUT2D eigenvalue weighted by Crippen LogP contribution is 2.25. The minimum absolute atomic E-state index is 0.275. The van der Waals surface area contributed by atoms with Gasteiger partial charge < -0.3 is 10.0 Å². The SMILES string of the molecule is CC(C)N1CCC(N2CCN(Cc3cccc(Cl)c3)C[C@H]2CCO)CC1. The van der Waals surface area contributed by atoms with E-state index in [2.05, 4.69) is 40.7 Å². The number of piperidine rings is 1. The van der Waals surface area contributed by atoms with E-state index in [1.807, 2.05) is 12.1 Å². The summed E-state index contributed by atoms with van der Waals surface area (Å²) in [4.78, 5) is 7.81. The quantitative estimate of drug-likeness (QED) is 0.822. The number of hydrogen-bond acceptors (Lipinski definition) is 4. The average molecular weight is 380 g/mol. The van der Waals surface area contributed by atoms with Crippen molar-refractivity contribution in [1.82, 2.24) is 14.7 Å².